The van der Waals surface area contributed by atoms with E-state index in [0.717, 1.165) is 36.1 Å². The first kappa shape index (κ1) is 14.1. The summed E-state index contributed by atoms with van der Waals surface area (Å²) in [6.07, 6.45) is 4.76. The van der Waals surface area contributed by atoms with Crippen molar-refractivity contribution in [2.24, 2.45) is 11.8 Å². The van der Waals surface area contributed by atoms with Gasteiger partial charge in [0.1, 0.15) is 5.82 Å². The van der Waals surface area contributed by atoms with E-state index in [-0.39, 0.29) is 6.61 Å². The first-order valence-corrected chi connectivity index (χ1v) is 7.65. The number of hydrogen-bond acceptors (Lipinski definition) is 5. The smallest absolute Gasteiger partial charge is 0.222 e. The molecule has 2 atom stereocenters. The van der Waals surface area contributed by atoms with E-state index in [1.54, 1.807) is 0 Å². The van der Waals surface area contributed by atoms with Gasteiger partial charge in [-0.15, -0.1) is 0 Å². The molecule has 0 aliphatic heterocycles. The van der Waals surface area contributed by atoms with Crippen LogP contribution in [0.2, 0.25) is 0 Å². The molecule has 1 aromatic carbocycles. The summed E-state index contributed by atoms with van der Waals surface area (Å²) in [7, 11) is 0. The number of rotatable bonds is 4. The second-order valence-corrected chi connectivity index (χ2v) is 5.82. The Balaban J connectivity index is 1.78. The molecule has 1 fully saturated rings. The molecule has 5 nitrogen and oxygen atoms in total. The Morgan fingerprint density at radius 3 is 2.71 bits per heavy atom. The van der Waals surface area contributed by atoms with Crippen molar-refractivity contribution in [2.45, 2.75) is 25.7 Å². The molecule has 0 amide bonds. The van der Waals surface area contributed by atoms with Crippen LogP contribution in [0.4, 0.5) is 11.8 Å². The van der Waals surface area contributed by atoms with Crippen molar-refractivity contribution >= 4 is 22.7 Å². The highest BCUT2D eigenvalue weighted by Crippen LogP contribution is 2.30. The predicted molar refractivity (Wildman–Crippen MR) is 85.0 cm³/mol. The van der Waals surface area contributed by atoms with Crippen LogP contribution in [0.25, 0.3) is 10.9 Å². The maximum Gasteiger partial charge on any atom is 0.222 e. The largest absolute Gasteiger partial charge is 0.396 e. The lowest BCUT2D eigenvalue weighted by atomic mass is 9.79. The average Bonchev–Trinajstić information content (AvgIpc) is 2.52. The number of nitrogens with zero attached hydrogens (tertiary/aromatic N) is 2. The van der Waals surface area contributed by atoms with Crippen LogP contribution in [0.15, 0.2) is 24.3 Å². The van der Waals surface area contributed by atoms with E-state index in [2.05, 4.69) is 15.3 Å². The fraction of sp³-hybridized carbons (Fsp3) is 0.500. The number of benzene rings is 1. The van der Waals surface area contributed by atoms with Crippen LogP contribution in [0.1, 0.15) is 25.7 Å². The SMILES string of the molecule is Nc1nc(NCC2CCCCC2CO)c2ccccc2n1. The monoisotopic (exact) mass is 286 g/mol. The summed E-state index contributed by atoms with van der Waals surface area (Å²) in [5.41, 5.74) is 6.64. The molecule has 4 N–H and O–H groups in total. The molecule has 21 heavy (non-hydrogen) atoms. The summed E-state index contributed by atoms with van der Waals surface area (Å²) in [4.78, 5) is 8.58. The van der Waals surface area contributed by atoms with Gasteiger partial charge in [0, 0.05) is 18.5 Å². The zero-order chi connectivity index (χ0) is 14.7. The molecular formula is C16H22N4O. The molecule has 112 valence electrons. The molecule has 2 unspecified atom stereocenters. The zero-order valence-electron chi connectivity index (χ0n) is 12.1. The molecule has 1 aliphatic carbocycles. The Kier molecular flexibility index (Phi) is 4.20. The van der Waals surface area contributed by atoms with Gasteiger partial charge in [0.15, 0.2) is 0 Å². The first-order valence-electron chi connectivity index (χ1n) is 7.65. The average molecular weight is 286 g/mol. The van der Waals surface area contributed by atoms with Crippen LogP contribution in [0, 0.1) is 11.8 Å². The second kappa shape index (κ2) is 6.26. The van der Waals surface area contributed by atoms with Crippen molar-refractivity contribution in [1.82, 2.24) is 9.97 Å². The number of aliphatic hydroxyl groups excluding tert-OH is 1. The van der Waals surface area contributed by atoms with Crippen LogP contribution in [-0.4, -0.2) is 28.2 Å². The number of para-hydroxylation sites is 1. The molecule has 0 spiro atoms. The van der Waals surface area contributed by atoms with E-state index in [0.29, 0.717) is 17.8 Å². The van der Waals surface area contributed by atoms with Gasteiger partial charge in [0.05, 0.1) is 5.52 Å². The van der Waals surface area contributed by atoms with Gasteiger partial charge in [-0.3, -0.25) is 0 Å². The normalized spacial score (nSPS) is 22.3. The van der Waals surface area contributed by atoms with Gasteiger partial charge in [0.2, 0.25) is 5.95 Å². The highest BCUT2D eigenvalue weighted by atomic mass is 16.3. The van der Waals surface area contributed by atoms with Gasteiger partial charge < -0.3 is 16.2 Å². The lowest BCUT2D eigenvalue weighted by Crippen LogP contribution is -2.29. The molecule has 1 aliphatic rings. The molecule has 0 saturated heterocycles. The van der Waals surface area contributed by atoms with Gasteiger partial charge in [-0.25, -0.2) is 4.98 Å². The zero-order valence-corrected chi connectivity index (χ0v) is 12.1. The Labute approximate surface area is 124 Å². The minimum Gasteiger partial charge on any atom is -0.396 e. The molecule has 0 radical (unpaired) electrons. The fourth-order valence-electron chi connectivity index (χ4n) is 3.25. The Morgan fingerprint density at radius 2 is 1.90 bits per heavy atom. The first-order chi connectivity index (χ1) is 10.3. The third-order valence-corrected chi connectivity index (χ3v) is 4.45. The summed E-state index contributed by atoms with van der Waals surface area (Å²) >= 11 is 0. The van der Waals surface area contributed by atoms with Crippen LogP contribution in [0.5, 0.6) is 0 Å². The predicted octanol–water partition coefficient (Wildman–Crippen LogP) is 2.42. The minimum absolute atomic E-state index is 0.277. The molecule has 1 aromatic heterocycles. The fourth-order valence-corrected chi connectivity index (χ4v) is 3.25. The van der Waals surface area contributed by atoms with E-state index < -0.39 is 0 Å². The molecular weight excluding hydrogens is 264 g/mol. The van der Waals surface area contributed by atoms with Crippen molar-refractivity contribution in [3.8, 4) is 0 Å². The number of aliphatic hydroxyl groups is 1. The molecule has 1 heterocycles. The topological polar surface area (TPSA) is 84.1 Å². The third kappa shape index (κ3) is 3.08. The van der Waals surface area contributed by atoms with Crippen molar-refractivity contribution < 1.29 is 5.11 Å². The van der Waals surface area contributed by atoms with Crippen LogP contribution < -0.4 is 11.1 Å². The molecule has 3 rings (SSSR count). The Hall–Kier alpha value is -1.88. The molecule has 2 aromatic rings. The number of nitrogens with one attached hydrogen (secondary N) is 1. The molecule has 0 bridgehead atoms. The van der Waals surface area contributed by atoms with Gasteiger partial charge >= 0.3 is 0 Å². The van der Waals surface area contributed by atoms with Crippen molar-refractivity contribution in [1.29, 1.82) is 0 Å². The maximum atomic E-state index is 9.50. The van der Waals surface area contributed by atoms with Gasteiger partial charge in [0.25, 0.3) is 0 Å². The standard InChI is InChI=1S/C16H22N4O/c17-16-19-14-8-4-3-7-13(14)15(20-16)18-9-11-5-1-2-6-12(11)10-21/h3-4,7-8,11-12,21H,1-2,5-6,9-10H2,(H3,17,18,19,20). The van der Waals surface area contributed by atoms with E-state index >= 15 is 0 Å². The van der Waals surface area contributed by atoms with Crippen LogP contribution >= 0.6 is 0 Å². The Bertz CT molecular complexity index is 616. The van der Waals surface area contributed by atoms with E-state index in [9.17, 15) is 5.11 Å². The summed E-state index contributed by atoms with van der Waals surface area (Å²) < 4.78 is 0. The molecule has 5 heteroatoms. The number of nitrogens with two attached hydrogens (primary N) is 1. The molecule has 1 saturated carbocycles. The summed E-state index contributed by atoms with van der Waals surface area (Å²) in [6.45, 7) is 1.10. The van der Waals surface area contributed by atoms with Gasteiger partial charge in [-0.2, -0.15) is 4.98 Å². The van der Waals surface area contributed by atoms with E-state index in [4.69, 9.17) is 5.73 Å². The Morgan fingerprint density at radius 1 is 1.14 bits per heavy atom. The lowest BCUT2D eigenvalue weighted by Gasteiger charge is -2.30. The van der Waals surface area contributed by atoms with Crippen LogP contribution in [0.3, 0.4) is 0 Å². The van der Waals surface area contributed by atoms with E-state index in [1.807, 2.05) is 24.3 Å². The van der Waals surface area contributed by atoms with Gasteiger partial charge in [-0.1, -0.05) is 25.0 Å². The number of nitrogen functional groups attached to an aromatic ring is 1. The van der Waals surface area contributed by atoms with Gasteiger partial charge in [-0.05, 0) is 36.8 Å². The summed E-state index contributed by atoms with van der Waals surface area (Å²) in [5.74, 6) is 1.98. The summed E-state index contributed by atoms with van der Waals surface area (Å²) in [5, 5.41) is 13.9. The lowest BCUT2D eigenvalue weighted by molar-refractivity contribution is 0.141. The number of anilines is 2. The number of fused-ring (bicyclic) bond motifs is 1. The maximum absolute atomic E-state index is 9.50. The van der Waals surface area contributed by atoms with Crippen molar-refractivity contribution in [3.05, 3.63) is 24.3 Å². The number of hydrogen-bond donors (Lipinski definition) is 3. The van der Waals surface area contributed by atoms with Crippen molar-refractivity contribution in [2.75, 3.05) is 24.2 Å². The summed E-state index contributed by atoms with van der Waals surface area (Å²) in [6, 6.07) is 7.86. The second-order valence-electron chi connectivity index (χ2n) is 5.82. The number of aromatic nitrogens is 2. The van der Waals surface area contributed by atoms with E-state index in [1.165, 1.54) is 12.8 Å². The van der Waals surface area contributed by atoms with Crippen LogP contribution in [-0.2, 0) is 0 Å². The third-order valence-electron chi connectivity index (χ3n) is 4.45. The highest BCUT2D eigenvalue weighted by Gasteiger charge is 2.24. The quantitative estimate of drug-likeness (QED) is 0.804. The minimum atomic E-state index is 0.277. The highest BCUT2D eigenvalue weighted by molar-refractivity contribution is 5.89. The van der Waals surface area contributed by atoms with Crippen molar-refractivity contribution in [3.63, 3.8) is 0 Å².